The molecule has 2 aromatic heterocycles. The van der Waals surface area contributed by atoms with Crippen LogP contribution in [0.5, 0.6) is 0 Å². The fraction of sp³-hybridized carbons (Fsp3) is 0.200. The van der Waals surface area contributed by atoms with Crippen molar-refractivity contribution in [1.82, 2.24) is 19.7 Å². The number of hydrogen-bond acceptors (Lipinski definition) is 5. The van der Waals surface area contributed by atoms with Gasteiger partial charge in [-0.2, -0.15) is 5.10 Å². The van der Waals surface area contributed by atoms with E-state index in [-0.39, 0.29) is 6.42 Å². The third kappa shape index (κ3) is 2.88. The summed E-state index contributed by atoms with van der Waals surface area (Å²) in [6.45, 7) is 0.537. The average Bonchev–Trinajstić information content (AvgIpc) is 2.97. The first-order valence-corrected chi connectivity index (χ1v) is 6.95. The molecule has 22 heavy (non-hydrogen) atoms. The molecule has 0 saturated heterocycles. The molecule has 1 aromatic carbocycles. The van der Waals surface area contributed by atoms with Crippen LogP contribution in [0, 0.1) is 0 Å². The van der Waals surface area contributed by atoms with Crippen LogP contribution in [0.4, 0.5) is 5.82 Å². The fourth-order valence-electron chi connectivity index (χ4n) is 2.19. The predicted molar refractivity (Wildman–Crippen MR) is 82.0 cm³/mol. The Hall–Kier alpha value is -2.96. The lowest BCUT2D eigenvalue weighted by Gasteiger charge is -2.06. The van der Waals surface area contributed by atoms with Gasteiger partial charge < -0.3 is 10.4 Å². The van der Waals surface area contributed by atoms with Gasteiger partial charge in [-0.1, -0.05) is 18.2 Å². The van der Waals surface area contributed by atoms with E-state index in [0.717, 1.165) is 11.1 Å². The van der Waals surface area contributed by atoms with Crippen LogP contribution in [0.3, 0.4) is 0 Å². The van der Waals surface area contributed by atoms with Gasteiger partial charge in [0.25, 0.3) is 0 Å². The van der Waals surface area contributed by atoms with Crippen molar-refractivity contribution in [2.24, 2.45) is 0 Å². The Morgan fingerprint density at radius 3 is 2.82 bits per heavy atom. The van der Waals surface area contributed by atoms with Gasteiger partial charge in [-0.05, 0) is 18.6 Å². The van der Waals surface area contributed by atoms with Gasteiger partial charge in [0, 0.05) is 13.0 Å². The molecule has 0 aliphatic heterocycles. The third-order valence-electron chi connectivity index (χ3n) is 3.23. The van der Waals surface area contributed by atoms with Crippen LogP contribution in [-0.2, 0) is 4.79 Å². The molecule has 0 fully saturated rings. The number of nitrogens with zero attached hydrogens (tertiary/aromatic N) is 4. The number of hydrogen-bond donors (Lipinski definition) is 2. The van der Waals surface area contributed by atoms with E-state index in [2.05, 4.69) is 20.4 Å². The molecule has 0 aliphatic carbocycles. The monoisotopic (exact) mass is 297 g/mol. The van der Waals surface area contributed by atoms with Gasteiger partial charge >= 0.3 is 5.97 Å². The lowest BCUT2D eigenvalue weighted by molar-refractivity contribution is -0.137. The number of para-hydroxylation sites is 1. The molecule has 0 bridgehead atoms. The van der Waals surface area contributed by atoms with Crippen molar-refractivity contribution in [1.29, 1.82) is 0 Å². The van der Waals surface area contributed by atoms with E-state index in [9.17, 15) is 4.79 Å². The minimum absolute atomic E-state index is 0.129. The number of benzene rings is 1. The van der Waals surface area contributed by atoms with Crippen LogP contribution in [-0.4, -0.2) is 37.4 Å². The molecule has 7 nitrogen and oxygen atoms in total. The number of anilines is 1. The Labute approximate surface area is 126 Å². The number of carbonyl (C=O) groups is 1. The number of rotatable bonds is 6. The van der Waals surface area contributed by atoms with Gasteiger partial charge in [0.1, 0.15) is 12.1 Å². The summed E-state index contributed by atoms with van der Waals surface area (Å²) >= 11 is 0. The summed E-state index contributed by atoms with van der Waals surface area (Å²) in [5.41, 5.74) is 1.63. The highest BCUT2D eigenvalue weighted by Gasteiger charge is 2.10. The van der Waals surface area contributed by atoms with Crippen molar-refractivity contribution in [2.75, 3.05) is 11.9 Å². The molecule has 0 aliphatic rings. The summed E-state index contributed by atoms with van der Waals surface area (Å²) in [4.78, 5) is 19.0. The van der Waals surface area contributed by atoms with Gasteiger partial charge in [0.15, 0.2) is 5.65 Å². The van der Waals surface area contributed by atoms with E-state index in [1.54, 1.807) is 10.9 Å². The zero-order valence-corrected chi connectivity index (χ0v) is 11.8. The normalized spacial score (nSPS) is 10.7. The van der Waals surface area contributed by atoms with E-state index in [0.29, 0.717) is 24.4 Å². The molecule has 0 radical (unpaired) electrons. The van der Waals surface area contributed by atoms with E-state index < -0.39 is 5.97 Å². The molecule has 0 amide bonds. The minimum Gasteiger partial charge on any atom is -0.481 e. The van der Waals surface area contributed by atoms with Crippen molar-refractivity contribution in [3.63, 3.8) is 0 Å². The highest BCUT2D eigenvalue weighted by molar-refractivity contribution is 5.87. The molecule has 0 spiro atoms. The maximum Gasteiger partial charge on any atom is 0.303 e. The molecule has 112 valence electrons. The first-order valence-electron chi connectivity index (χ1n) is 6.95. The Bertz CT molecular complexity index is 785. The molecule has 0 atom stereocenters. The van der Waals surface area contributed by atoms with E-state index in [4.69, 9.17) is 5.11 Å². The minimum atomic E-state index is -0.800. The van der Waals surface area contributed by atoms with Gasteiger partial charge in [0.05, 0.1) is 17.3 Å². The second-order valence-electron chi connectivity index (χ2n) is 4.78. The number of carboxylic acids is 1. The van der Waals surface area contributed by atoms with Crippen molar-refractivity contribution < 1.29 is 9.90 Å². The molecular formula is C15H15N5O2. The van der Waals surface area contributed by atoms with Gasteiger partial charge in [-0.3, -0.25) is 4.79 Å². The fourth-order valence-corrected chi connectivity index (χ4v) is 2.19. The standard InChI is InChI=1S/C15H15N5O2/c21-13(22)7-4-8-16-14-12-9-19-20(15(12)18-10-17-14)11-5-2-1-3-6-11/h1-3,5-6,9-10H,4,7-8H2,(H,21,22)(H,16,17,18). The second kappa shape index (κ2) is 6.21. The molecule has 2 heterocycles. The predicted octanol–water partition coefficient (Wildman–Crippen LogP) is 2.09. The van der Waals surface area contributed by atoms with Crippen LogP contribution < -0.4 is 5.32 Å². The maximum absolute atomic E-state index is 10.5. The van der Waals surface area contributed by atoms with Crippen LogP contribution in [0.2, 0.25) is 0 Å². The number of aromatic nitrogens is 4. The lowest BCUT2D eigenvalue weighted by atomic mass is 10.3. The SMILES string of the molecule is O=C(O)CCCNc1ncnc2c1cnn2-c1ccccc1. The Morgan fingerprint density at radius 2 is 2.05 bits per heavy atom. The summed E-state index contributed by atoms with van der Waals surface area (Å²) in [7, 11) is 0. The maximum atomic E-state index is 10.5. The molecule has 3 rings (SSSR count). The molecule has 0 unspecified atom stereocenters. The molecular weight excluding hydrogens is 282 g/mol. The van der Waals surface area contributed by atoms with Gasteiger partial charge in [-0.15, -0.1) is 0 Å². The molecule has 7 heteroatoms. The number of carboxylic acid groups (broad SMARTS) is 1. The van der Waals surface area contributed by atoms with E-state index >= 15 is 0 Å². The topological polar surface area (TPSA) is 92.9 Å². The van der Waals surface area contributed by atoms with Gasteiger partial charge in [0.2, 0.25) is 0 Å². The second-order valence-corrected chi connectivity index (χ2v) is 4.78. The molecule has 2 N–H and O–H groups in total. The van der Waals surface area contributed by atoms with Crippen LogP contribution in [0.25, 0.3) is 16.7 Å². The van der Waals surface area contributed by atoms with Crippen molar-refractivity contribution >= 4 is 22.8 Å². The number of aliphatic carboxylic acids is 1. The van der Waals surface area contributed by atoms with Crippen LogP contribution >= 0.6 is 0 Å². The van der Waals surface area contributed by atoms with Gasteiger partial charge in [-0.25, -0.2) is 14.6 Å². The first kappa shape index (κ1) is 14.0. The van der Waals surface area contributed by atoms with E-state index in [1.165, 1.54) is 6.33 Å². The first-order chi connectivity index (χ1) is 10.8. The van der Waals surface area contributed by atoms with E-state index in [1.807, 2.05) is 30.3 Å². The Kier molecular flexibility index (Phi) is 3.95. The summed E-state index contributed by atoms with van der Waals surface area (Å²) in [5, 5.41) is 17.0. The third-order valence-corrected chi connectivity index (χ3v) is 3.23. The smallest absolute Gasteiger partial charge is 0.303 e. The molecule has 3 aromatic rings. The van der Waals surface area contributed by atoms with Crippen molar-refractivity contribution in [3.05, 3.63) is 42.9 Å². The summed E-state index contributed by atoms with van der Waals surface area (Å²) < 4.78 is 1.75. The Balaban J connectivity index is 1.85. The zero-order chi connectivity index (χ0) is 15.4. The quantitative estimate of drug-likeness (QED) is 0.677. The molecule has 0 saturated carbocycles. The average molecular weight is 297 g/mol. The summed E-state index contributed by atoms with van der Waals surface area (Å²) in [6, 6.07) is 9.73. The van der Waals surface area contributed by atoms with Crippen molar-refractivity contribution in [3.8, 4) is 5.69 Å². The van der Waals surface area contributed by atoms with Crippen molar-refractivity contribution in [2.45, 2.75) is 12.8 Å². The summed E-state index contributed by atoms with van der Waals surface area (Å²) in [6.07, 6.45) is 3.85. The summed E-state index contributed by atoms with van der Waals surface area (Å²) in [5.74, 6) is -0.135. The number of nitrogens with one attached hydrogen (secondary N) is 1. The largest absolute Gasteiger partial charge is 0.481 e. The Morgan fingerprint density at radius 1 is 1.23 bits per heavy atom. The zero-order valence-electron chi connectivity index (χ0n) is 11.8. The highest BCUT2D eigenvalue weighted by atomic mass is 16.4. The van der Waals surface area contributed by atoms with Crippen LogP contribution in [0.15, 0.2) is 42.9 Å². The van der Waals surface area contributed by atoms with Crippen LogP contribution in [0.1, 0.15) is 12.8 Å². The highest BCUT2D eigenvalue weighted by Crippen LogP contribution is 2.21. The lowest BCUT2D eigenvalue weighted by Crippen LogP contribution is -2.06. The number of fused-ring (bicyclic) bond motifs is 1.